The molecule has 4 heteroatoms. The van der Waals surface area contributed by atoms with Crippen molar-refractivity contribution in [3.05, 3.63) is 35.3 Å². The van der Waals surface area contributed by atoms with Gasteiger partial charge in [0.2, 0.25) is 0 Å². The maximum atomic E-state index is 5.71. The molecule has 0 amide bonds. The number of ether oxygens (including phenoxy) is 1. The summed E-state index contributed by atoms with van der Waals surface area (Å²) in [5.41, 5.74) is 4.46. The van der Waals surface area contributed by atoms with E-state index in [1.165, 1.54) is 5.56 Å². The van der Waals surface area contributed by atoms with Gasteiger partial charge >= 0.3 is 0 Å². The topological polar surface area (TPSA) is 37.9 Å². The van der Waals surface area contributed by atoms with Gasteiger partial charge in [-0.25, -0.2) is 4.98 Å². The van der Waals surface area contributed by atoms with Gasteiger partial charge in [0.1, 0.15) is 11.6 Å². The van der Waals surface area contributed by atoms with Gasteiger partial charge in [0.05, 0.1) is 19.0 Å². The number of rotatable bonds is 4. The lowest BCUT2D eigenvalue weighted by Gasteiger charge is -2.10. The minimum absolute atomic E-state index is 0.577. The number of imidazole rings is 1. The molecular weight excluding hydrogens is 248 g/mol. The first-order valence-electron chi connectivity index (χ1n) is 5.91. The van der Waals surface area contributed by atoms with Crippen LogP contribution in [0.25, 0.3) is 11.3 Å². The van der Waals surface area contributed by atoms with Crippen LogP contribution in [0.1, 0.15) is 17.0 Å². The van der Waals surface area contributed by atoms with Crippen molar-refractivity contribution in [2.75, 3.05) is 13.0 Å². The van der Waals surface area contributed by atoms with Crippen LogP contribution >= 0.6 is 11.6 Å². The van der Waals surface area contributed by atoms with E-state index in [9.17, 15) is 0 Å². The monoisotopic (exact) mass is 264 g/mol. The third kappa shape index (κ3) is 2.51. The van der Waals surface area contributed by atoms with E-state index >= 15 is 0 Å². The van der Waals surface area contributed by atoms with Crippen LogP contribution < -0.4 is 4.74 Å². The fourth-order valence-corrected chi connectivity index (χ4v) is 2.19. The molecule has 0 spiro atoms. The number of aromatic amines is 1. The van der Waals surface area contributed by atoms with Crippen LogP contribution in [0.4, 0.5) is 0 Å². The highest BCUT2D eigenvalue weighted by Gasteiger charge is 2.09. The molecule has 1 N–H and O–H groups in total. The predicted octanol–water partition coefficient (Wildman–Crippen LogP) is 3.48. The zero-order valence-electron chi connectivity index (χ0n) is 10.9. The largest absolute Gasteiger partial charge is 0.496 e. The second kappa shape index (κ2) is 5.44. The SMILES string of the molecule is COc1cc(C)c(-c2cnc(CCCl)[nH]2)cc1C. The van der Waals surface area contributed by atoms with Crippen LogP contribution in [0, 0.1) is 13.8 Å². The number of hydrogen-bond acceptors (Lipinski definition) is 2. The lowest BCUT2D eigenvalue weighted by atomic mass is 10.0. The van der Waals surface area contributed by atoms with Crippen molar-refractivity contribution in [3.8, 4) is 17.0 Å². The summed E-state index contributed by atoms with van der Waals surface area (Å²) in [5, 5.41) is 0. The van der Waals surface area contributed by atoms with E-state index in [0.29, 0.717) is 5.88 Å². The van der Waals surface area contributed by atoms with Crippen LogP contribution in [-0.2, 0) is 6.42 Å². The van der Waals surface area contributed by atoms with Crippen molar-refractivity contribution in [2.24, 2.45) is 0 Å². The average Bonchev–Trinajstić information content (AvgIpc) is 2.80. The number of methoxy groups -OCH3 is 1. The smallest absolute Gasteiger partial charge is 0.122 e. The molecule has 1 aromatic carbocycles. The summed E-state index contributed by atoms with van der Waals surface area (Å²) in [6, 6.07) is 4.17. The van der Waals surface area contributed by atoms with Crippen LogP contribution in [0.15, 0.2) is 18.3 Å². The molecule has 0 aliphatic heterocycles. The molecule has 0 aliphatic carbocycles. The Bertz CT molecular complexity index is 549. The molecule has 0 aliphatic rings. The van der Waals surface area contributed by atoms with Gasteiger partial charge in [0, 0.05) is 17.9 Å². The second-order valence-corrected chi connectivity index (χ2v) is 4.70. The number of alkyl halides is 1. The zero-order valence-corrected chi connectivity index (χ0v) is 11.6. The van der Waals surface area contributed by atoms with Crippen LogP contribution in [0.5, 0.6) is 5.75 Å². The molecule has 0 saturated carbocycles. The molecule has 2 rings (SSSR count). The van der Waals surface area contributed by atoms with Crippen LogP contribution in [0.2, 0.25) is 0 Å². The Morgan fingerprint density at radius 2 is 2.06 bits per heavy atom. The van der Waals surface area contributed by atoms with Gasteiger partial charge in [-0.1, -0.05) is 0 Å². The molecule has 0 saturated heterocycles. The number of aromatic nitrogens is 2. The Hall–Kier alpha value is -1.48. The lowest BCUT2D eigenvalue weighted by Crippen LogP contribution is -1.92. The van der Waals surface area contributed by atoms with Gasteiger partial charge in [0.15, 0.2) is 0 Å². The second-order valence-electron chi connectivity index (χ2n) is 4.32. The Labute approximate surface area is 112 Å². The van der Waals surface area contributed by atoms with E-state index in [-0.39, 0.29) is 0 Å². The Kier molecular flexibility index (Phi) is 3.92. The molecule has 96 valence electrons. The van der Waals surface area contributed by atoms with Crippen molar-refractivity contribution in [1.82, 2.24) is 9.97 Å². The first kappa shape index (κ1) is 13.0. The van der Waals surface area contributed by atoms with E-state index in [1.54, 1.807) is 7.11 Å². The van der Waals surface area contributed by atoms with E-state index in [4.69, 9.17) is 16.3 Å². The number of H-pyrrole nitrogens is 1. The number of hydrogen-bond donors (Lipinski definition) is 1. The van der Waals surface area contributed by atoms with E-state index in [2.05, 4.69) is 23.0 Å². The number of halogens is 1. The lowest BCUT2D eigenvalue weighted by molar-refractivity contribution is 0.411. The highest BCUT2D eigenvalue weighted by molar-refractivity contribution is 6.17. The Morgan fingerprint density at radius 3 is 2.72 bits per heavy atom. The van der Waals surface area contributed by atoms with Crippen molar-refractivity contribution in [2.45, 2.75) is 20.3 Å². The minimum atomic E-state index is 0.577. The quantitative estimate of drug-likeness (QED) is 0.859. The summed E-state index contributed by atoms with van der Waals surface area (Å²) in [5.74, 6) is 2.41. The summed E-state index contributed by atoms with van der Waals surface area (Å²) in [6.45, 7) is 4.11. The van der Waals surface area contributed by atoms with Gasteiger partial charge in [-0.15, -0.1) is 11.6 Å². The molecule has 0 atom stereocenters. The Balaban J connectivity index is 2.40. The van der Waals surface area contributed by atoms with E-state index in [0.717, 1.165) is 34.8 Å². The first-order chi connectivity index (χ1) is 8.65. The van der Waals surface area contributed by atoms with Crippen LogP contribution in [0.3, 0.4) is 0 Å². The predicted molar refractivity (Wildman–Crippen MR) is 74.5 cm³/mol. The highest BCUT2D eigenvalue weighted by atomic mass is 35.5. The van der Waals surface area contributed by atoms with Gasteiger partial charge in [-0.2, -0.15) is 0 Å². The van der Waals surface area contributed by atoms with Gasteiger partial charge in [0.25, 0.3) is 0 Å². The standard InChI is InChI=1S/C14H17ClN2O/c1-9-7-13(18-3)10(2)6-11(9)12-8-16-14(17-12)4-5-15/h6-8H,4-5H2,1-3H3,(H,16,17). The summed E-state index contributed by atoms with van der Waals surface area (Å²) < 4.78 is 5.32. The summed E-state index contributed by atoms with van der Waals surface area (Å²) in [4.78, 5) is 7.62. The van der Waals surface area contributed by atoms with Gasteiger partial charge in [-0.05, 0) is 37.1 Å². The summed E-state index contributed by atoms with van der Waals surface area (Å²) >= 11 is 5.71. The maximum Gasteiger partial charge on any atom is 0.122 e. The molecule has 0 fully saturated rings. The molecule has 3 nitrogen and oxygen atoms in total. The molecule has 0 unspecified atom stereocenters. The fourth-order valence-electron chi connectivity index (χ4n) is 2.02. The maximum absolute atomic E-state index is 5.71. The number of nitrogens with one attached hydrogen (secondary N) is 1. The molecule has 1 heterocycles. The fraction of sp³-hybridized carbons (Fsp3) is 0.357. The van der Waals surface area contributed by atoms with E-state index in [1.807, 2.05) is 19.2 Å². The van der Waals surface area contributed by atoms with Crippen LogP contribution in [-0.4, -0.2) is 23.0 Å². The molecule has 0 radical (unpaired) electrons. The Morgan fingerprint density at radius 1 is 1.28 bits per heavy atom. The third-order valence-electron chi connectivity index (χ3n) is 2.99. The molecule has 1 aromatic heterocycles. The molecule has 18 heavy (non-hydrogen) atoms. The van der Waals surface area contributed by atoms with Gasteiger partial charge in [-0.3, -0.25) is 0 Å². The zero-order chi connectivity index (χ0) is 13.1. The van der Waals surface area contributed by atoms with Crippen molar-refractivity contribution < 1.29 is 4.74 Å². The molecular formula is C14H17ClN2O. The third-order valence-corrected chi connectivity index (χ3v) is 3.18. The summed E-state index contributed by atoms with van der Waals surface area (Å²) in [7, 11) is 1.69. The average molecular weight is 265 g/mol. The van der Waals surface area contributed by atoms with Gasteiger partial charge < -0.3 is 9.72 Å². The van der Waals surface area contributed by atoms with Crippen molar-refractivity contribution in [3.63, 3.8) is 0 Å². The first-order valence-corrected chi connectivity index (χ1v) is 6.44. The number of nitrogens with zero attached hydrogens (tertiary/aromatic N) is 1. The summed E-state index contributed by atoms with van der Waals surface area (Å²) in [6.07, 6.45) is 2.62. The van der Waals surface area contributed by atoms with Crippen molar-refractivity contribution in [1.29, 1.82) is 0 Å². The van der Waals surface area contributed by atoms with Crippen molar-refractivity contribution >= 4 is 11.6 Å². The van der Waals surface area contributed by atoms with E-state index < -0.39 is 0 Å². The number of aryl methyl sites for hydroxylation is 3. The molecule has 0 bridgehead atoms. The molecule has 2 aromatic rings. The highest BCUT2D eigenvalue weighted by Crippen LogP contribution is 2.29. The normalized spacial score (nSPS) is 10.7. The minimum Gasteiger partial charge on any atom is -0.496 e. The number of benzene rings is 1.